The zero-order valence-electron chi connectivity index (χ0n) is 23.0. The topological polar surface area (TPSA) is 90.3 Å². The molecule has 0 bridgehead atoms. The molecule has 0 radical (unpaired) electrons. The van der Waals surface area contributed by atoms with Gasteiger partial charge < -0.3 is 14.6 Å². The van der Waals surface area contributed by atoms with Gasteiger partial charge in [0, 0.05) is 59.0 Å². The summed E-state index contributed by atoms with van der Waals surface area (Å²) >= 11 is 0. The molecule has 7 heteroatoms. The van der Waals surface area contributed by atoms with E-state index in [1.165, 1.54) is 7.11 Å². The van der Waals surface area contributed by atoms with Crippen LogP contribution < -0.4 is 5.32 Å². The lowest BCUT2D eigenvalue weighted by Crippen LogP contribution is -2.29. The molecule has 1 aliphatic rings. The summed E-state index contributed by atoms with van der Waals surface area (Å²) in [6.45, 7) is 10.5. The van der Waals surface area contributed by atoms with Gasteiger partial charge in [-0.25, -0.2) is 9.78 Å². The molecule has 0 aliphatic heterocycles. The van der Waals surface area contributed by atoms with Gasteiger partial charge in [-0.1, -0.05) is 31.1 Å². The number of ether oxygens (including phenoxy) is 1. The van der Waals surface area contributed by atoms with Gasteiger partial charge in [-0.05, 0) is 69.0 Å². The summed E-state index contributed by atoms with van der Waals surface area (Å²) in [5.74, 6) is -0.662. The number of allylic oxidation sites excluding steroid dienone is 3. The molecule has 198 valence electrons. The predicted octanol–water partition coefficient (Wildman–Crippen LogP) is 6.12. The van der Waals surface area contributed by atoms with E-state index in [2.05, 4.69) is 47.9 Å². The normalized spacial score (nSPS) is 13.8. The van der Waals surface area contributed by atoms with E-state index in [1.807, 2.05) is 26.0 Å². The Bertz CT molecular complexity index is 1470. The van der Waals surface area contributed by atoms with Crippen LogP contribution in [0.15, 0.2) is 59.5 Å². The van der Waals surface area contributed by atoms with Crippen molar-refractivity contribution in [3.05, 3.63) is 76.3 Å². The van der Waals surface area contributed by atoms with Crippen molar-refractivity contribution in [3.8, 4) is 11.1 Å². The van der Waals surface area contributed by atoms with Crippen molar-refractivity contribution in [2.75, 3.05) is 13.7 Å². The van der Waals surface area contributed by atoms with Crippen molar-refractivity contribution in [2.45, 2.75) is 59.9 Å². The van der Waals surface area contributed by atoms with Gasteiger partial charge >= 0.3 is 5.97 Å². The van der Waals surface area contributed by atoms with Crippen molar-refractivity contribution in [2.24, 2.45) is 0 Å². The van der Waals surface area contributed by atoms with E-state index in [1.54, 1.807) is 18.3 Å². The molecule has 0 saturated heterocycles. The number of pyridine rings is 1. The van der Waals surface area contributed by atoms with Crippen molar-refractivity contribution in [3.63, 3.8) is 0 Å². The minimum atomic E-state index is -0.504. The number of hydrogen-bond donors (Lipinski definition) is 1. The lowest BCUT2D eigenvalue weighted by Gasteiger charge is -2.19. The van der Waals surface area contributed by atoms with Crippen LogP contribution >= 0.6 is 0 Å². The molecule has 7 nitrogen and oxygen atoms in total. The fourth-order valence-corrected chi connectivity index (χ4v) is 5.09. The molecule has 4 rings (SSSR count). The van der Waals surface area contributed by atoms with Gasteiger partial charge in [0.25, 0.3) is 5.91 Å². The van der Waals surface area contributed by atoms with Gasteiger partial charge in [-0.2, -0.15) is 0 Å². The molecule has 1 amide bonds. The van der Waals surface area contributed by atoms with Crippen molar-refractivity contribution >= 4 is 28.6 Å². The largest absolute Gasteiger partial charge is 0.464 e. The van der Waals surface area contributed by atoms with Crippen molar-refractivity contribution in [1.82, 2.24) is 14.9 Å². The average molecular weight is 514 g/mol. The van der Waals surface area contributed by atoms with Crippen LogP contribution in [0, 0.1) is 6.92 Å². The summed E-state index contributed by atoms with van der Waals surface area (Å²) in [6.07, 6.45) is 7.89. The molecule has 38 heavy (non-hydrogen) atoms. The number of aromatic nitrogens is 2. The highest BCUT2D eigenvalue weighted by atomic mass is 16.5. The third kappa shape index (κ3) is 5.32. The zero-order chi connectivity index (χ0) is 27.6. The van der Waals surface area contributed by atoms with Crippen molar-refractivity contribution < 1.29 is 19.1 Å². The maximum Gasteiger partial charge on any atom is 0.356 e. The lowest BCUT2D eigenvalue weighted by molar-refractivity contribution is -0.115. The number of carbonyl (C=O) groups excluding carboxylic acids is 3. The third-order valence-corrected chi connectivity index (χ3v) is 6.94. The Morgan fingerprint density at radius 2 is 1.92 bits per heavy atom. The van der Waals surface area contributed by atoms with Gasteiger partial charge in [-0.3, -0.25) is 9.59 Å². The van der Waals surface area contributed by atoms with Crippen LogP contribution in [-0.2, 0) is 9.53 Å². The summed E-state index contributed by atoms with van der Waals surface area (Å²) in [6, 6.07) is 7.51. The van der Waals surface area contributed by atoms with Crippen LogP contribution in [0.3, 0.4) is 0 Å². The number of carbonyl (C=O) groups is 3. The average Bonchev–Trinajstić information content (AvgIpc) is 3.24. The SMILES string of the molecule is CCCC1=C(CNC(=O)c2cc(-c3ccc(C(=O)OC)nc3)cc3c2c(C)cn3C(C)C)C(=O)CC(C)=C1. The maximum absolute atomic E-state index is 13.7. The summed E-state index contributed by atoms with van der Waals surface area (Å²) in [5.41, 5.74) is 7.05. The van der Waals surface area contributed by atoms with Crippen LogP contribution in [0.5, 0.6) is 0 Å². The van der Waals surface area contributed by atoms with Gasteiger partial charge in [0.1, 0.15) is 5.69 Å². The maximum atomic E-state index is 13.7. The molecule has 0 atom stereocenters. The number of rotatable bonds is 8. The van der Waals surface area contributed by atoms with Gasteiger partial charge in [0.05, 0.1) is 7.11 Å². The second kappa shape index (κ2) is 11.2. The molecule has 0 fully saturated rings. The third-order valence-electron chi connectivity index (χ3n) is 6.94. The number of benzene rings is 1. The molecule has 2 aromatic heterocycles. The summed E-state index contributed by atoms with van der Waals surface area (Å²) in [7, 11) is 1.32. The minimum absolute atomic E-state index is 0.0755. The number of fused-ring (bicyclic) bond motifs is 1. The Kier molecular flexibility index (Phi) is 7.95. The van der Waals surface area contributed by atoms with Crippen LogP contribution in [-0.4, -0.2) is 40.9 Å². The number of nitrogens with one attached hydrogen (secondary N) is 1. The van der Waals surface area contributed by atoms with Gasteiger partial charge in [-0.15, -0.1) is 0 Å². The van der Waals surface area contributed by atoms with Crippen molar-refractivity contribution in [1.29, 1.82) is 0 Å². The number of amides is 1. The van der Waals surface area contributed by atoms with Crippen LogP contribution in [0.2, 0.25) is 0 Å². The fourth-order valence-electron chi connectivity index (χ4n) is 5.09. The van der Waals surface area contributed by atoms with E-state index in [-0.39, 0.29) is 30.0 Å². The molecular weight excluding hydrogens is 478 g/mol. The molecule has 3 aromatic rings. The fraction of sp³-hybridized carbons (Fsp3) is 0.355. The first-order valence-corrected chi connectivity index (χ1v) is 13.0. The summed E-state index contributed by atoms with van der Waals surface area (Å²) in [4.78, 5) is 42.6. The first-order chi connectivity index (χ1) is 18.1. The molecule has 1 aliphatic carbocycles. The molecule has 1 N–H and O–H groups in total. The second-order valence-corrected chi connectivity index (χ2v) is 10.2. The number of ketones is 1. The van der Waals surface area contributed by atoms with Crippen LogP contribution in [0.4, 0.5) is 0 Å². The van der Waals surface area contributed by atoms with E-state index < -0.39 is 5.97 Å². The second-order valence-electron chi connectivity index (χ2n) is 10.2. The Morgan fingerprint density at radius 1 is 1.16 bits per heavy atom. The first-order valence-electron chi connectivity index (χ1n) is 13.0. The van der Waals surface area contributed by atoms with E-state index in [0.717, 1.165) is 51.6 Å². The highest BCUT2D eigenvalue weighted by Gasteiger charge is 2.23. The molecular formula is C31H35N3O4. The number of methoxy groups -OCH3 is 1. The number of Topliss-reactive ketones (excluding diaryl/α,β-unsaturated/α-hetero) is 1. The first kappa shape index (κ1) is 27.0. The highest BCUT2D eigenvalue weighted by Crippen LogP contribution is 2.33. The lowest BCUT2D eigenvalue weighted by atomic mass is 9.89. The predicted molar refractivity (Wildman–Crippen MR) is 149 cm³/mol. The Balaban J connectivity index is 1.76. The Hall–Kier alpha value is -4.00. The summed E-state index contributed by atoms with van der Waals surface area (Å²) < 4.78 is 6.91. The monoisotopic (exact) mass is 513 g/mol. The summed E-state index contributed by atoms with van der Waals surface area (Å²) in [5, 5.41) is 3.92. The molecule has 0 spiro atoms. The van der Waals surface area contributed by atoms with E-state index in [4.69, 9.17) is 4.74 Å². The highest BCUT2D eigenvalue weighted by molar-refractivity contribution is 6.10. The number of hydrogen-bond acceptors (Lipinski definition) is 5. The van der Waals surface area contributed by atoms with E-state index >= 15 is 0 Å². The minimum Gasteiger partial charge on any atom is -0.464 e. The smallest absolute Gasteiger partial charge is 0.356 e. The quantitative estimate of drug-likeness (QED) is 0.366. The van der Waals surface area contributed by atoms with Gasteiger partial charge in [0.15, 0.2) is 5.78 Å². The number of nitrogens with zero attached hydrogens (tertiary/aromatic N) is 2. The number of esters is 1. The zero-order valence-corrected chi connectivity index (χ0v) is 23.0. The van der Waals surface area contributed by atoms with E-state index in [9.17, 15) is 14.4 Å². The van der Waals surface area contributed by atoms with E-state index in [0.29, 0.717) is 17.6 Å². The molecule has 0 unspecified atom stereocenters. The Labute approximate surface area is 223 Å². The molecule has 0 saturated carbocycles. The molecule has 2 heterocycles. The van der Waals surface area contributed by atoms with Crippen LogP contribution in [0.1, 0.15) is 79.4 Å². The van der Waals surface area contributed by atoms with Gasteiger partial charge in [0.2, 0.25) is 0 Å². The Morgan fingerprint density at radius 3 is 2.55 bits per heavy atom. The standard InChI is InChI=1S/C31H35N3O4/c1-7-8-21-11-19(4)12-28(35)25(21)16-33-30(36)24-13-23(22-9-10-26(32-15-22)31(37)38-6)14-27-29(24)20(5)17-34(27)18(2)3/h9-11,13-15,17-18H,7-8,12,16H2,1-6H3,(H,33,36). The number of aryl methyl sites for hydroxylation is 1. The molecule has 1 aromatic carbocycles. The van der Waals surface area contributed by atoms with Crippen LogP contribution in [0.25, 0.3) is 22.0 Å².